The van der Waals surface area contributed by atoms with Crippen molar-refractivity contribution in [3.05, 3.63) is 29.8 Å². The molecule has 4 amide bonds. The van der Waals surface area contributed by atoms with Gasteiger partial charge in [-0.25, -0.2) is 4.79 Å². The number of rotatable bonds is 8. The summed E-state index contributed by atoms with van der Waals surface area (Å²) >= 11 is 0. The molecule has 4 atom stereocenters. The lowest BCUT2D eigenvalue weighted by Gasteiger charge is -2.34. The summed E-state index contributed by atoms with van der Waals surface area (Å²) in [4.78, 5) is 54.8. The van der Waals surface area contributed by atoms with Crippen LogP contribution in [0.3, 0.4) is 0 Å². The molecule has 0 aromatic heterocycles. The van der Waals surface area contributed by atoms with Crippen molar-refractivity contribution in [2.75, 3.05) is 25.5 Å². The SMILES string of the molecule is CN(C)c1ccc(C2NC(CCCNC(N)=O)(C(=O)O)C3C(=O)N(C4CCCCC4)C(=O)C23)cc1. The van der Waals surface area contributed by atoms with Crippen molar-refractivity contribution < 1.29 is 24.3 Å². The molecule has 35 heavy (non-hydrogen) atoms. The van der Waals surface area contributed by atoms with Crippen LogP contribution in [-0.4, -0.2) is 66.0 Å². The van der Waals surface area contributed by atoms with Crippen LogP contribution in [0.5, 0.6) is 0 Å². The van der Waals surface area contributed by atoms with Gasteiger partial charge in [0.1, 0.15) is 5.54 Å². The van der Waals surface area contributed by atoms with Gasteiger partial charge in [0.25, 0.3) is 0 Å². The van der Waals surface area contributed by atoms with Crippen LogP contribution in [0.25, 0.3) is 0 Å². The van der Waals surface area contributed by atoms with Gasteiger partial charge < -0.3 is 21.1 Å². The van der Waals surface area contributed by atoms with E-state index in [1.807, 2.05) is 43.3 Å². The first kappa shape index (κ1) is 25.0. The highest BCUT2D eigenvalue weighted by atomic mass is 16.4. The Morgan fingerprint density at radius 3 is 2.37 bits per heavy atom. The molecular weight excluding hydrogens is 450 g/mol. The van der Waals surface area contributed by atoms with Crippen molar-refractivity contribution in [2.45, 2.75) is 62.6 Å². The van der Waals surface area contributed by atoms with E-state index in [0.29, 0.717) is 6.42 Å². The van der Waals surface area contributed by atoms with Crippen molar-refractivity contribution in [1.29, 1.82) is 0 Å². The molecule has 2 heterocycles. The van der Waals surface area contributed by atoms with Crippen molar-refractivity contribution in [3.63, 3.8) is 0 Å². The Kier molecular flexibility index (Phi) is 7.02. The van der Waals surface area contributed by atoms with Gasteiger partial charge in [-0.3, -0.25) is 24.6 Å². The van der Waals surface area contributed by atoms with Gasteiger partial charge in [-0.05, 0) is 43.4 Å². The number of hydrogen-bond donors (Lipinski definition) is 4. The Morgan fingerprint density at radius 2 is 1.80 bits per heavy atom. The molecule has 190 valence electrons. The van der Waals surface area contributed by atoms with Gasteiger partial charge in [0.2, 0.25) is 11.8 Å². The fourth-order valence-electron chi connectivity index (χ4n) is 6.10. The summed E-state index contributed by atoms with van der Waals surface area (Å²) in [6.45, 7) is 0.181. The van der Waals surface area contributed by atoms with Gasteiger partial charge >= 0.3 is 12.0 Å². The van der Waals surface area contributed by atoms with Crippen molar-refractivity contribution in [3.8, 4) is 0 Å². The van der Waals surface area contributed by atoms with Gasteiger partial charge in [0, 0.05) is 38.4 Å². The molecule has 4 unspecified atom stereocenters. The summed E-state index contributed by atoms with van der Waals surface area (Å²) in [5, 5.41) is 16.1. The molecule has 0 spiro atoms. The third-order valence-corrected chi connectivity index (χ3v) is 7.83. The third-order valence-electron chi connectivity index (χ3n) is 7.83. The number of amides is 4. The summed E-state index contributed by atoms with van der Waals surface area (Å²) in [5.41, 5.74) is 5.28. The normalized spacial score (nSPS) is 28.7. The maximum absolute atomic E-state index is 13.8. The highest BCUT2D eigenvalue weighted by Crippen LogP contribution is 2.51. The van der Waals surface area contributed by atoms with Gasteiger partial charge in [-0.1, -0.05) is 31.4 Å². The monoisotopic (exact) mass is 485 g/mol. The molecule has 3 fully saturated rings. The number of carboxylic acids is 1. The molecule has 1 aliphatic carbocycles. The Bertz CT molecular complexity index is 990. The standard InChI is InChI=1S/C25H35N5O5/c1-29(2)16-11-9-15(10-12-16)20-18-19(22(32)30(21(18)31)17-7-4-3-5-8-17)25(28-20,23(33)34)13-6-14-27-24(26)35/h9-12,17-20,28H,3-8,13-14H2,1-2H3,(H,33,34)(H3,26,27,35). The van der Waals surface area contributed by atoms with Gasteiger partial charge in [0.15, 0.2) is 0 Å². The van der Waals surface area contributed by atoms with Crippen molar-refractivity contribution >= 4 is 29.5 Å². The number of nitrogens with two attached hydrogens (primary N) is 1. The minimum absolute atomic E-state index is 0.0770. The van der Waals surface area contributed by atoms with Crippen molar-refractivity contribution in [2.24, 2.45) is 17.6 Å². The first-order chi connectivity index (χ1) is 16.7. The molecule has 0 bridgehead atoms. The number of anilines is 1. The van der Waals surface area contributed by atoms with Crippen LogP contribution < -0.4 is 21.3 Å². The zero-order chi connectivity index (χ0) is 25.3. The number of carboxylic acid groups (broad SMARTS) is 1. The predicted octanol–water partition coefficient (Wildman–Crippen LogP) is 1.60. The largest absolute Gasteiger partial charge is 0.480 e. The van der Waals surface area contributed by atoms with Crippen LogP contribution in [-0.2, 0) is 14.4 Å². The van der Waals surface area contributed by atoms with E-state index < -0.39 is 41.3 Å². The first-order valence-electron chi connectivity index (χ1n) is 12.4. The number of benzene rings is 1. The number of primary amides is 1. The average molecular weight is 486 g/mol. The van der Waals surface area contributed by atoms with Crippen LogP contribution in [0.4, 0.5) is 10.5 Å². The number of imide groups is 1. The van der Waals surface area contributed by atoms with Gasteiger partial charge in [-0.15, -0.1) is 0 Å². The fourth-order valence-corrected chi connectivity index (χ4v) is 6.10. The van der Waals surface area contributed by atoms with E-state index in [1.54, 1.807) is 0 Å². The quantitative estimate of drug-likeness (QED) is 0.323. The predicted molar refractivity (Wildman–Crippen MR) is 130 cm³/mol. The Hall–Kier alpha value is -3.14. The van der Waals surface area contributed by atoms with E-state index in [1.165, 1.54) is 4.90 Å². The van der Waals surface area contributed by atoms with Gasteiger partial charge in [0.05, 0.1) is 11.8 Å². The molecule has 10 heteroatoms. The summed E-state index contributed by atoms with van der Waals surface area (Å²) in [6, 6.07) is 6.14. The molecular formula is C25H35N5O5. The smallest absolute Gasteiger partial charge is 0.324 e. The molecule has 10 nitrogen and oxygen atoms in total. The Morgan fingerprint density at radius 1 is 1.14 bits per heavy atom. The summed E-state index contributed by atoms with van der Waals surface area (Å²) in [5.74, 6) is -3.64. The summed E-state index contributed by atoms with van der Waals surface area (Å²) < 4.78 is 0. The topological polar surface area (TPSA) is 145 Å². The summed E-state index contributed by atoms with van der Waals surface area (Å²) in [6.07, 6.45) is 4.87. The number of carbonyl (C=O) groups is 4. The minimum Gasteiger partial charge on any atom is -0.480 e. The second kappa shape index (κ2) is 9.85. The zero-order valence-electron chi connectivity index (χ0n) is 20.3. The minimum atomic E-state index is -1.62. The Balaban J connectivity index is 1.71. The molecule has 5 N–H and O–H groups in total. The van der Waals surface area contributed by atoms with E-state index in [-0.39, 0.29) is 24.9 Å². The molecule has 2 saturated heterocycles. The maximum Gasteiger partial charge on any atom is 0.324 e. The average Bonchev–Trinajstić information content (AvgIpc) is 3.31. The molecule has 3 aliphatic rings. The molecule has 1 aromatic carbocycles. The number of likely N-dealkylation sites (tertiary alicyclic amines) is 1. The lowest BCUT2D eigenvalue weighted by molar-refractivity contribution is -0.153. The highest BCUT2D eigenvalue weighted by molar-refractivity contribution is 6.09. The van der Waals surface area contributed by atoms with Crippen LogP contribution in [0, 0.1) is 11.8 Å². The number of fused-ring (bicyclic) bond motifs is 1. The molecule has 1 saturated carbocycles. The van der Waals surface area contributed by atoms with Crippen LogP contribution in [0.2, 0.25) is 0 Å². The molecule has 1 aromatic rings. The van der Waals surface area contributed by atoms with E-state index in [9.17, 15) is 24.3 Å². The van der Waals surface area contributed by atoms with Crippen LogP contribution in [0.15, 0.2) is 24.3 Å². The third kappa shape index (κ3) is 4.47. The molecule has 2 aliphatic heterocycles. The first-order valence-corrected chi connectivity index (χ1v) is 12.4. The summed E-state index contributed by atoms with van der Waals surface area (Å²) in [7, 11) is 3.85. The van der Waals surface area contributed by atoms with Crippen LogP contribution in [0.1, 0.15) is 56.6 Å². The fraction of sp³-hybridized carbons (Fsp3) is 0.600. The number of urea groups is 1. The number of hydrogen-bond acceptors (Lipinski definition) is 6. The molecule has 4 rings (SSSR count). The number of aliphatic carboxylic acids is 1. The maximum atomic E-state index is 13.8. The van der Waals surface area contributed by atoms with E-state index in [2.05, 4.69) is 10.6 Å². The van der Waals surface area contributed by atoms with Gasteiger partial charge in [-0.2, -0.15) is 0 Å². The second-order valence-corrected chi connectivity index (χ2v) is 10.1. The Labute approximate surface area is 205 Å². The van der Waals surface area contributed by atoms with E-state index >= 15 is 0 Å². The number of nitrogens with one attached hydrogen (secondary N) is 2. The number of nitrogens with zero attached hydrogens (tertiary/aromatic N) is 2. The lowest BCUT2D eigenvalue weighted by Crippen LogP contribution is -2.56. The van der Waals surface area contributed by atoms with Crippen molar-refractivity contribution in [1.82, 2.24) is 15.5 Å². The highest BCUT2D eigenvalue weighted by Gasteiger charge is 2.68. The zero-order valence-corrected chi connectivity index (χ0v) is 20.3. The lowest BCUT2D eigenvalue weighted by atomic mass is 9.77. The van der Waals surface area contributed by atoms with E-state index in [4.69, 9.17) is 5.73 Å². The van der Waals surface area contributed by atoms with Crippen LogP contribution >= 0.6 is 0 Å². The second-order valence-electron chi connectivity index (χ2n) is 10.1. The number of carbonyl (C=O) groups excluding carboxylic acids is 3. The molecule has 0 radical (unpaired) electrons. The van der Waals surface area contributed by atoms with E-state index in [0.717, 1.165) is 43.4 Å².